The lowest BCUT2D eigenvalue weighted by Gasteiger charge is -1.96. The molecule has 7 aromatic rings. The van der Waals surface area contributed by atoms with E-state index in [1.54, 1.807) is 0 Å². The fraction of sp³-hybridized carbons (Fsp3) is 0. The minimum absolute atomic E-state index is 1.40. The first-order chi connectivity index (χ1) is 12.4. The van der Waals surface area contributed by atoms with Gasteiger partial charge >= 0.3 is 0 Å². The van der Waals surface area contributed by atoms with Crippen molar-refractivity contribution in [2.75, 3.05) is 0 Å². The maximum absolute atomic E-state index is 2.31. The quantitative estimate of drug-likeness (QED) is 0.235. The Hall–Kier alpha value is -1.50. The molecule has 0 saturated carbocycles. The first kappa shape index (κ1) is 13.7. The third kappa shape index (κ3) is 1.62. The molecule has 0 nitrogen and oxygen atoms in total. The summed E-state index contributed by atoms with van der Waals surface area (Å²) in [5.41, 5.74) is 0. The molecule has 0 aliphatic heterocycles. The van der Waals surface area contributed by atoms with Gasteiger partial charge in [-0.25, -0.2) is 0 Å². The van der Waals surface area contributed by atoms with Crippen molar-refractivity contribution in [1.29, 1.82) is 0 Å². The van der Waals surface area contributed by atoms with Gasteiger partial charge in [0.25, 0.3) is 0 Å². The highest BCUT2D eigenvalue weighted by atomic mass is 32.2. The monoisotopic (exact) mass is 408 g/mol. The number of benzene rings is 2. The van der Waals surface area contributed by atoms with Crippen LogP contribution in [0.5, 0.6) is 0 Å². The van der Waals surface area contributed by atoms with Gasteiger partial charge in [-0.1, -0.05) is 0 Å². The van der Waals surface area contributed by atoms with E-state index in [4.69, 9.17) is 0 Å². The Bertz CT molecular complexity index is 1480. The third-order valence-corrected chi connectivity index (χ3v) is 10.4. The smallest absolute Gasteiger partial charge is 0.0899 e. The predicted octanol–water partition coefficient (Wildman–Crippen LogP) is 8.91. The first-order valence-electron chi connectivity index (χ1n) is 7.92. The number of hydrogen-bond acceptors (Lipinski definition) is 5. The van der Waals surface area contributed by atoms with Crippen LogP contribution in [-0.4, -0.2) is 0 Å². The molecule has 5 heteroatoms. The second kappa shape index (κ2) is 4.61. The second-order valence-corrected chi connectivity index (χ2v) is 11.7. The molecule has 0 aliphatic rings. The summed E-state index contributed by atoms with van der Waals surface area (Å²) in [5.74, 6) is 0. The first-order valence-corrected chi connectivity index (χ1v) is 12.1. The molecule has 5 heterocycles. The summed E-state index contributed by atoms with van der Waals surface area (Å²) in [6.07, 6.45) is 0. The second-order valence-electron chi connectivity index (χ2n) is 6.17. The molecular weight excluding hydrogens is 401 g/mol. The Morgan fingerprint density at radius 2 is 0.920 bits per heavy atom. The fourth-order valence-corrected chi connectivity index (χ4v) is 9.73. The van der Waals surface area contributed by atoms with Gasteiger partial charge in [0, 0.05) is 51.1 Å². The van der Waals surface area contributed by atoms with Gasteiger partial charge in [0.15, 0.2) is 0 Å². The fourth-order valence-electron chi connectivity index (χ4n) is 3.92. The molecule has 7 rings (SSSR count). The zero-order valence-electron chi connectivity index (χ0n) is 12.7. The van der Waals surface area contributed by atoms with E-state index in [0.717, 1.165) is 0 Å². The van der Waals surface area contributed by atoms with Gasteiger partial charge in [-0.2, -0.15) is 0 Å². The van der Waals surface area contributed by atoms with Crippen molar-refractivity contribution in [3.8, 4) is 0 Å². The van der Waals surface area contributed by atoms with E-state index in [-0.39, 0.29) is 0 Å². The van der Waals surface area contributed by atoms with Crippen LogP contribution in [0, 0.1) is 0 Å². The summed E-state index contributed by atoms with van der Waals surface area (Å²) >= 11 is 9.58. The van der Waals surface area contributed by atoms with Crippen LogP contribution in [0.2, 0.25) is 0 Å². The molecule has 0 atom stereocenters. The molecule has 0 radical (unpaired) electrons. The van der Waals surface area contributed by atoms with Crippen molar-refractivity contribution in [3.05, 3.63) is 47.2 Å². The largest absolute Gasteiger partial charge is 0.144 e. The van der Waals surface area contributed by atoms with Crippen LogP contribution in [-0.2, 0) is 0 Å². The molecule has 2 aromatic carbocycles. The van der Waals surface area contributed by atoms with Crippen LogP contribution >= 0.6 is 56.7 Å². The summed E-state index contributed by atoms with van der Waals surface area (Å²) in [5, 5.41) is 13.2. The van der Waals surface area contributed by atoms with Gasteiger partial charge in [0.05, 0.1) is 8.03 Å². The van der Waals surface area contributed by atoms with Crippen molar-refractivity contribution < 1.29 is 0 Å². The number of hydrogen-bond donors (Lipinski definition) is 0. The van der Waals surface area contributed by atoms with Gasteiger partial charge in [0.1, 0.15) is 0 Å². The van der Waals surface area contributed by atoms with Crippen molar-refractivity contribution >= 4 is 116 Å². The van der Waals surface area contributed by atoms with Gasteiger partial charge in [-0.3, -0.25) is 0 Å². The van der Waals surface area contributed by atoms with Gasteiger partial charge in [0.2, 0.25) is 0 Å². The highest BCUT2D eigenvalue weighted by Crippen LogP contribution is 2.53. The maximum atomic E-state index is 2.31. The van der Waals surface area contributed by atoms with Crippen molar-refractivity contribution in [3.63, 3.8) is 0 Å². The number of rotatable bonds is 0. The van der Waals surface area contributed by atoms with Crippen LogP contribution in [0.15, 0.2) is 47.2 Å². The molecule has 5 aromatic heterocycles. The zero-order valence-corrected chi connectivity index (χ0v) is 16.7. The van der Waals surface area contributed by atoms with Crippen molar-refractivity contribution in [2.45, 2.75) is 0 Å². The van der Waals surface area contributed by atoms with E-state index in [1.165, 1.54) is 59.1 Å². The lowest BCUT2D eigenvalue weighted by Crippen LogP contribution is -1.69. The molecule has 0 amide bonds. The highest BCUT2D eigenvalue weighted by Gasteiger charge is 2.20. The lowest BCUT2D eigenvalue weighted by molar-refractivity contribution is 2.05. The Morgan fingerprint density at radius 1 is 0.440 bits per heavy atom. The Kier molecular flexibility index (Phi) is 2.52. The van der Waals surface area contributed by atoms with Crippen molar-refractivity contribution in [1.82, 2.24) is 0 Å². The Labute approximate surface area is 162 Å². The van der Waals surface area contributed by atoms with Crippen molar-refractivity contribution in [2.24, 2.45) is 0 Å². The van der Waals surface area contributed by atoms with Gasteiger partial charge < -0.3 is 0 Å². The van der Waals surface area contributed by atoms with Crippen LogP contribution in [0.3, 0.4) is 0 Å². The minimum Gasteiger partial charge on any atom is -0.144 e. The van der Waals surface area contributed by atoms with E-state index in [9.17, 15) is 0 Å². The van der Waals surface area contributed by atoms with Crippen LogP contribution in [0.25, 0.3) is 59.1 Å². The molecule has 25 heavy (non-hydrogen) atoms. The SMILES string of the molecule is c1cc2c(ccc3sc4sc5sc6ccc7sccc7c6c5c4c32)s1. The van der Waals surface area contributed by atoms with Crippen LogP contribution in [0.4, 0.5) is 0 Å². The molecule has 0 spiro atoms. The summed E-state index contributed by atoms with van der Waals surface area (Å²) < 4.78 is 8.59. The van der Waals surface area contributed by atoms with E-state index in [1.807, 2.05) is 56.7 Å². The number of thiophene rings is 5. The molecule has 0 N–H and O–H groups in total. The molecule has 0 saturated heterocycles. The van der Waals surface area contributed by atoms with Gasteiger partial charge in [-0.05, 0) is 47.2 Å². The summed E-state index contributed by atoms with van der Waals surface area (Å²) in [4.78, 5) is 0. The molecule has 0 aliphatic carbocycles. The van der Waals surface area contributed by atoms with Gasteiger partial charge in [-0.15, -0.1) is 56.7 Å². The third-order valence-electron chi connectivity index (χ3n) is 4.94. The minimum atomic E-state index is 1.40. The summed E-state index contributed by atoms with van der Waals surface area (Å²) in [6.45, 7) is 0. The van der Waals surface area contributed by atoms with E-state index in [0.29, 0.717) is 0 Å². The van der Waals surface area contributed by atoms with Crippen LogP contribution < -0.4 is 0 Å². The molecule has 0 fully saturated rings. The topological polar surface area (TPSA) is 0 Å². The van der Waals surface area contributed by atoms with E-state index < -0.39 is 0 Å². The lowest BCUT2D eigenvalue weighted by atomic mass is 10.1. The standard InChI is InChI=1S/C20H8S5/c1-3-13-15(9-5-7-21-11(1)9)17-18-16-10-6-8-22-12(10)2-4-14(16)24-20(18)25-19(17)23-13/h1-8H. The predicted molar refractivity (Wildman–Crippen MR) is 121 cm³/mol. The average molecular weight is 409 g/mol. The molecule has 0 bridgehead atoms. The number of fused-ring (bicyclic) bond motifs is 11. The maximum Gasteiger partial charge on any atom is 0.0899 e. The Balaban J connectivity index is 1.88. The highest BCUT2D eigenvalue weighted by molar-refractivity contribution is 7.52. The summed E-state index contributed by atoms with van der Waals surface area (Å²) in [6, 6.07) is 13.8. The van der Waals surface area contributed by atoms with Crippen LogP contribution in [0.1, 0.15) is 0 Å². The zero-order chi connectivity index (χ0) is 16.1. The molecule has 0 unspecified atom stereocenters. The van der Waals surface area contributed by atoms with E-state index in [2.05, 4.69) is 47.2 Å². The molecular formula is C20H8S5. The van der Waals surface area contributed by atoms with E-state index >= 15 is 0 Å². The summed E-state index contributed by atoms with van der Waals surface area (Å²) in [7, 11) is 0. The normalized spacial score (nSPS) is 12.8. The Morgan fingerprint density at radius 3 is 1.44 bits per heavy atom. The average Bonchev–Trinajstić information content (AvgIpc) is 3.37. The molecule has 118 valence electrons.